The maximum Gasteiger partial charge on any atom is 0.517 e. The minimum atomic E-state index is -2.83. The summed E-state index contributed by atoms with van der Waals surface area (Å²) in [5.74, 6) is 1.43. The minimum absolute atomic E-state index is 0.343. The van der Waals surface area contributed by atoms with Gasteiger partial charge in [-0.15, -0.1) is 0 Å². The zero-order valence-corrected chi connectivity index (χ0v) is 41.5. The number of rotatable bonds is 45. The zero-order chi connectivity index (χ0) is 41.7. The molecule has 0 bridgehead atoms. The molecule has 1 rings (SSSR count). The summed E-state index contributed by atoms with van der Waals surface area (Å²) in [7, 11) is -2.83. The van der Waals surface area contributed by atoms with Crippen molar-refractivity contribution in [1.29, 1.82) is 0 Å². The molecule has 1 heterocycles. The van der Waals surface area contributed by atoms with E-state index in [1.807, 2.05) is 0 Å². The van der Waals surface area contributed by atoms with Crippen LogP contribution in [0.5, 0.6) is 0 Å². The highest BCUT2D eigenvalue weighted by atomic mass is 32.2. The Morgan fingerprint density at radius 2 is 0.931 bits per heavy atom. The molecule has 346 valence electrons. The molecule has 1 aliphatic heterocycles. The monoisotopic (exact) mass is 854 g/mol. The average molecular weight is 855 g/mol. The Balaban J connectivity index is 2.25. The summed E-state index contributed by atoms with van der Waals surface area (Å²) in [6.07, 6.45) is 54.6. The van der Waals surface area contributed by atoms with Gasteiger partial charge in [0.05, 0.1) is 0 Å². The van der Waals surface area contributed by atoms with E-state index in [4.69, 9.17) is 13.4 Å². The number of hydrogen-bond donors (Lipinski definition) is 1. The van der Waals surface area contributed by atoms with Gasteiger partial charge in [0.25, 0.3) is 0 Å². The summed E-state index contributed by atoms with van der Waals surface area (Å²) < 4.78 is 19.6. The van der Waals surface area contributed by atoms with Crippen LogP contribution in [0.15, 0.2) is 0 Å². The van der Waals surface area contributed by atoms with Gasteiger partial charge < -0.3 is 8.85 Å². The van der Waals surface area contributed by atoms with Crippen LogP contribution in [0.1, 0.15) is 284 Å². The van der Waals surface area contributed by atoms with Crippen LogP contribution in [0.4, 0.5) is 0 Å². The smallest absolute Gasteiger partial charge is 0.373 e. The summed E-state index contributed by atoms with van der Waals surface area (Å²) >= 11 is 1.51. The van der Waals surface area contributed by atoms with Crippen LogP contribution in [0.25, 0.3) is 0 Å². The molecular formula is C51H103NO4SSi. The first kappa shape index (κ1) is 56.1. The van der Waals surface area contributed by atoms with Crippen LogP contribution in [0, 0.1) is 5.92 Å². The molecule has 0 aromatic heterocycles. The first-order chi connectivity index (χ1) is 28.7. The predicted molar refractivity (Wildman–Crippen MR) is 259 cm³/mol. The molecular weight excluding hydrogens is 751 g/mol. The van der Waals surface area contributed by atoms with Gasteiger partial charge >= 0.3 is 8.80 Å². The van der Waals surface area contributed by atoms with E-state index < -0.39 is 8.80 Å². The Morgan fingerprint density at radius 3 is 1.38 bits per heavy atom. The van der Waals surface area contributed by atoms with Gasteiger partial charge in [0.2, 0.25) is 0 Å². The van der Waals surface area contributed by atoms with Crippen molar-refractivity contribution >= 4 is 25.7 Å². The van der Waals surface area contributed by atoms with Gasteiger partial charge in [-0.3, -0.25) is 9.32 Å². The molecule has 1 N–H and O–H groups in total. The van der Waals surface area contributed by atoms with Crippen LogP contribution in [0.2, 0.25) is 6.04 Å². The molecule has 0 aromatic carbocycles. The van der Waals surface area contributed by atoms with Crippen molar-refractivity contribution in [3.05, 3.63) is 0 Å². The van der Waals surface area contributed by atoms with Crippen LogP contribution in [0.3, 0.4) is 0 Å². The van der Waals surface area contributed by atoms with E-state index in [0.717, 1.165) is 57.2 Å². The minimum Gasteiger partial charge on any atom is -0.373 e. The van der Waals surface area contributed by atoms with Gasteiger partial charge in [0, 0.05) is 38.0 Å². The highest BCUT2D eigenvalue weighted by Crippen LogP contribution is 2.25. The van der Waals surface area contributed by atoms with Crippen molar-refractivity contribution in [2.75, 3.05) is 25.5 Å². The second-order valence-electron chi connectivity index (χ2n) is 18.4. The molecule has 0 amide bonds. The molecule has 0 aliphatic carbocycles. The number of unbranched alkanes of at least 4 members (excludes halogenated alkanes) is 34. The molecule has 0 saturated carbocycles. The van der Waals surface area contributed by atoms with Gasteiger partial charge in [-0.2, -0.15) is 0 Å². The summed E-state index contributed by atoms with van der Waals surface area (Å²) in [6.45, 7) is 9.19. The summed E-state index contributed by atoms with van der Waals surface area (Å²) in [5, 5.41) is 0.343. The van der Waals surface area contributed by atoms with E-state index in [-0.39, 0.29) is 0 Å². The first-order valence-electron chi connectivity index (χ1n) is 26.5. The number of carbonyl (C=O) groups is 1. The number of thioether (sulfide) groups is 1. The third kappa shape index (κ3) is 37.8. The number of hydrogen-bond acceptors (Lipinski definition) is 6. The third-order valence-electron chi connectivity index (χ3n) is 12.6. The van der Waals surface area contributed by atoms with Gasteiger partial charge in [0.1, 0.15) is 0 Å². The lowest BCUT2D eigenvalue weighted by molar-refractivity contribution is -0.111. The fourth-order valence-corrected chi connectivity index (χ4v) is 12.0. The molecule has 0 radical (unpaired) electrons. The second-order valence-corrected chi connectivity index (χ2v) is 22.2. The molecule has 1 fully saturated rings. The molecule has 7 heteroatoms. The molecule has 5 nitrogen and oxygen atoms in total. The van der Waals surface area contributed by atoms with Gasteiger partial charge in [-0.05, 0) is 38.0 Å². The molecule has 0 spiro atoms. The number of carbonyl (C=O) groups excluding carboxylic acids is 1. The Bertz CT molecular complexity index is 824. The largest absolute Gasteiger partial charge is 0.517 e. The van der Waals surface area contributed by atoms with E-state index in [1.165, 1.54) is 243 Å². The van der Waals surface area contributed by atoms with Crippen molar-refractivity contribution in [3.8, 4) is 0 Å². The first-order valence-corrected chi connectivity index (χ1v) is 29.4. The predicted octanol–water partition coefficient (Wildman–Crippen LogP) is 17.4. The van der Waals surface area contributed by atoms with Crippen molar-refractivity contribution in [2.24, 2.45) is 5.92 Å². The fraction of sp³-hybridized carbons (Fsp3) is 0.980. The van der Waals surface area contributed by atoms with Gasteiger partial charge in [-0.1, -0.05) is 257 Å². The molecule has 2 unspecified atom stereocenters. The van der Waals surface area contributed by atoms with Crippen molar-refractivity contribution in [3.63, 3.8) is 0 Å². The second kappa shape index (κ2) is 45.1. The van der Waals surface area contributed by atoms with Crippen molar-refractivity contribution in [1.82, 2.24) is 5.48 Å². The van der Waals surface area contributed by atoms with E-state index in [0.29, 0.717) is 17.5 Å². The summed E-state index contributed by atoms with van der Waals surface area (Å²) in [6, 6.07) is 0.791. The molecule has 2 atom stereocenters. The fourth-order valence-electron chi connectivity index (χ4n) is 8.57. The highest BCUT2D eigenvalue weighted by molar-refractivity contribution is 8.13. The lowest BCUT2D eigenvalue weighted by Crippen LogP contribution is -2.52. The Labute approximate surface area is 369 Å². The van der Waals surface area contributed by atoms with Crippen LogP contribution >= 0.6 is 11.8 Å². The van der Waals surface area contributed by atoms with Crippen molar-refractivity contribution in [2.45, 2.75) is 290 Å². The Hall–Kier alpha value is 0.0769. The molecule has 0 aromatic rings. The van der Waals surface area contributed by atoms with Crippen LogP contribution < -0.4 is 5.48 Å². The lowest BCUT2D eigenvalue weighted by Gasteiger charge is -2.33. The number of hydroxylamine groups is 1. The van der Waals surface area contributed by atoms with Crippen LogP contribution in [-0.2, 0) is 18.2 Å². The van der Waals surface area contributed by atoms with E-state index >= 15 is 0 Å². The average Bonchev–Trinajstić information content (AvgIpc) is 3.22. The zero-order valence-electron chi connectivity index (χ0n) is 39.6. The maximum absolute atomic E-state index is 12.5. The topological polar surface area (TPSA) is 56.8 Å². The van der Waals surface area contributed by atoms with Crippen molar-refractivity contribution < 1.29 is 18.2 Å². The Kier molecular flexibility index (Phi) is 43.6. The highest BCUT2D eigenvalue weighted by Gasteiger charge is 2.42. The van der Waals surface area contributed by atoms with Crippen LogP contribution in [-0.4, -0.2) is 39.4 Å². The molecule has 1 saturated heterocycles. The number of nitrogens with one attached hydrogen (secondary N) is 1. The molecule has 1 aliphatic rings. The summed E-state index contributed by atoms with van der Waals surface area (Å²) in [4.78, 5) is 12.5. The molecule has 58 heavy (non-hydrogen) atoms. The summed E-state index contributed by atoms with van der Waals surface area (Å²) in [5.41, 5.74) is 3.37. The van der Waals surface area contributed by atoms with E-state index in [9.17, 15) is 4.79 Å². The van der Waals surface area contributed by atoms with E-state index in [2.05, 4.69) is 26.3 Å². The third-order valence-corrected chi connectivity index (χ3v) is 16.3. The Morgan fingerprint density at radius 1 is 0.534 bits per heavy atom. The van der Waals surface area contributed by atoms with Gasteiger partial charge in [0.15, 0.2) is 5.12 Å². The normalized spacial score (nSPS) is 17.5. The quantitative estimate of drug-likeness (QED) is 0.0486. The standard InChI is InChI=1S/C51H103NO4SSi/c1-4-7-10-13-15-17-19-21-23-25-27-29-31-33-36-38-42-50-44-46-55-58(56-52-49-50,48-41-47-57-51(53)43-39-35-12-9-6-3)54-45-40-37-34-32-30-28-26-24-22-20-18-16-14-11-8-5-2/h50,52H,4-49H2,1-3H3. The lowest BCUT2D eigenvalue weighted by atomic mass is 9.97. The van der Waals surface area contributed by atoms with E-state index in [1.54, 1.807) is 0 Å². The maximum atomic E-state index is 12.5. The SMILES string of the molecule is CCCCCCCCCCCCCCCCCCO[Si]1(CCCSC(=O)CCCCCCC)OCCC(CCCCCCCCCCCCCCCCCC)CNO1. The van der Waals surface area contributed by atoms with Gasteiger partial charge in [-0.25, -0.2) is 5.48 Å².